The summed E-state index contributed by atoms with van der Waals surface area (Å²) in [5.41, 5.74) is 8.21. The van der Waals surface area contributed by atoms with Gasteiger partial charge in [-0.25, -0.2) is 0 Å². The fraction of sp³-hybridized carbons (Fsp3) is 0.350. The van der Waals surface area contributed by atoms with Gasteiger partial charge in [0.25, 0.3) is 0 Å². The first-order chi connectivity index (χ1) is 11.2. The molecular formula is C20H24N2O. The Morgan fingerprint density at radius 2 is 1.61 bits per heavy atom. The largest absolute Gasteiger partial charge is 0.369 e. The van der Waals surface area contributed by atoms with E-state index in [2.05, 4.69) is 53.4 Å². The van der Waals surface area contributed by atoms with E-state index in [4.69, 9.17) is 5.73 Å². The zero-order valence-corrected chi connectivity index (χ0v) is 13.4. The third-order valence-corrected chi connectivity index (χ3v) is 4.78. The van der Waals surface area contributed by atoms with Crippen molar-refractivity contribution in [3.8, 4) is 0 Å². The van der Waals surface area contributed by atoms with Crippen LogP contribution in [0.4, 0.5) is 0 Å². The predicted octanol–water partition coefficient (Wildman–Crippen LogP) is 3.00. The smallest absolute Gasteiger partial charge is 0.220 e. The van der Waals surface area contributed by atoms with Crippen molar-refractivity contribution < 1.29 is 4.79 Å². The van der Waals surface area contributed by atoms with E-state index in [1.807, 2.05) is 12.1 Å². The van der Waals surface area contributed by atoms with Crippen molar-refractivity contribution in [2.45, 2.75) is 31.8 Å². The van der Waals surface area contributed by atoms with E-state index >= 15 is 0 Å². The first kappa shape index (κ1) is 15.8. The monoisotopic (exact) mass is 308 g/mol. The van der Waals surface area contributed by atoms with Crippen LogP contribution in [0.5, 0.6) is 0 Å². The summed E-state index contributed by atoms with van der Waals surface area (Å²) < 4.78 is 0. The Hall–Kier alpha value is -2.13. The van der Waals surface area contributed by atoms with Gasteiger partial charge in [-0.05, 0) is 36.9 Å². The number of rotatable bonds is 5. The van der Waals surface area contributed by atoms with Crippen LogP contribution in [0.25, 0.3) is 0 Å². The third kappa shape index (κ3) is 4.20. The van der Waals surface area contributed by atoms with Crippen molar-refractivity contribution in [3.63, 3.8) is 0 Å². The molecule has 1 fully saturated rings. The van der Waals surface area contributed by atoms with Crippen molar-refractivity contribution in [3.05, 3.63) is 71.8 Å². The average Bonchev–Trinajstić information content (AvgIpc) is 2.58. The van der Waals surface area contributed by atoms with Crippen molar-refractivity contribution in [2.75, 3.05) is 6.54 Å². The van der Waals surface area contributed by atoms with Gasteiger partial charge in [-0.15, -0.1) is 0 Å². The van der Waals surface area contributed by atoms with Crippen molar-refractivity contribution in [2.24, 2.45) is 11.7 Å². The summed E-state index contributed by atoms with van der Waals surface area (Å²) in [4.78, 5) is 14.1. The molecule has 2 aromatic carbocycles. The minimum Gasteiger partial charge on any atom is -0.369 e. The van der Waals surface area contributed by atoms with Crippen LogP contribution >= 0.6 is 0 Å². The normalized spacial score (nSPS) is 21.9. The first-order valence-corrected chi connectivity index (χ1v) is 8.33. The Kier molecular flexibility index (Phi) is 5.09. The van der Waals surface area contributed by atoms with Crippen LogP contribution in [-0.4, -0.2) is 23.4 Å². The number of carbonyl (C=O) groups is 1. The van der Waals surface area contributed by atoms with Crippen LogP contribution in [0.3, 0.4) is 0 Å². The van der Waals surface area contributed by atoms with E-state index in [-0.39, 0.29) is 11.8 Å². The van der Waals surface area contributed by atoms with Crippen LogP contribution in [0.1, 0.15) is 24.0 Å². The maximum absolute atomic E-state index is 11.6. The SMILES string of the molecule is NC(=O)C1CCN(Cc2ccccc2)C(Cc2ccccc2)C1. The number of carbonyl (C=O) groups excluding carboxylic acids is 1. The molecule has 1 aliphatic rings. The van der Waals surface area contributed by atoms with Crippen LogP contribution in [0, 0.1) is 5.92 Å². The lowest BCUT2D eigenvalue weighted by molar-refractivity contribution is -0.124. The summed E-state index contributed by atoms with van der Waals surface area (Å²) in [6.07, 6.45) is 2.70. The molecule has 0 radical (unpaired) electrons. The lowest BCUT2D eigenvalue weighted by Gasteiger charge is -2.39. The summed E-state index contributed by atoms with van der Waals surface area (Å²) in [7, 11) is 0. The highest BCUT2D eigenvalue weighted by Gasteiger charge is 2.31. The molecule has 3 rings (SSSR count). The van der Waals surface area contributed by atoms with Gasteiger partial charge in [0.1, 0.15) is 0 Å². The van der Waals surface area contributed by atoms with Gasteiger partial charge in [0.05, 0.1) is 0 Å². The van der Waals surface area contributed by atoms with Crippen molar-refractivity contribution >= 4 is 5.91 Å². The highest BCUT2D eigenvalue weighted by molar-refractivity contribution is 5.76. The average molecular weight is 308 g/mol. The number of nitrogens with two attached hydrogens (primary N) is 1. The maximum Gasteiger partial charge on any atom is 0.220 e. The van der Waals surface area contributed by atoms with E-state index in [1.54, 1.807) is 0 Å². The molecule has 0 aromatic heterocycles. The number of benzene rings is 2. The number of amides is 1. The molecule has 2 aromatic rings. The summed E-state index contributed by atoms with van der Waals surface area (Å²) in [5, 5.41) is 0. The molecule has 2 N–H and O–H groups in total. The fourth-order valence-electron chi connectivity index (χ4n) is 3.48. The molecule has 0 spiro atoms. The van der Waals surface area contributed by atoms with E-state index in [0.717, 1.165) is 32.4 Å². The van der Waals surface area contributed by atoms with E-state index in [9.17, 15) is 4.79 Å². The molecule has 2 unspecified atom stereocenters. The molecule has 3 nitrogen and oxygen atoms in total. The molecule has 1 saturated heterocycles. The number of primary amides is 1. The van der Waals surface area contributed by atoms with Gasteiger partial charge in [0.15, 0.2) is 0 Å². The Balaban J connectivity index is 1.74. The quantitative estimate of drug-likeness (QED) is 0.923. The summed E-state index contributed by atoms with van der Waals surface area (Å²) in [5.74, 6) is -0.141. The molecule has 0 aliphatic carbocycles. The van der Waals surface area contributed by atoms with Crippen molar-refractivity contribution in [1.82, 2.24) is 4.90 Å². The molecule has 1 amide bonds. The van der Waals surface area contributed by atoms with E-state index < -0.39 is 0 Å². The summed E-state index contributed by atoms with van der Waals surface area (Å²) in [6.45, 7) is 1.86. The summed E-state index contributed by atoms with van der Waals surface area (Å²) >= 11 is 0. The zero-order valence-electron chi connectivity index (χ0n) is 13.4. The number of hydrogen-bond acceptors (Lipinski definition) is 2. The van der Waals surface area contributed by atoms with Crippen molar-refractivity contribution in [1.29, 1.82) is 0 Å². The highest BCUT2D eigenvalue weighted by atomic mass is 16.1. The second-order valence-electron chi connectivity index (χ2n) is 6.42. The van der Waals surface area contributed by atoms with Crippen LogP contribution in [-0.2, 0) is 17.8 Å². The molecule has 0 bridgehead atoms. The summed E-state index contributed by atoms with van der Waals surface area (Å²) in [6, 6.07) is 21.4. The van der Waals surface area contributed by atoms with Crippen LogP contribution < -0.4 is 5.73 Å². The zero-order chi connectivity index (χ0) is 16.1. The van der Waals surface area contributed by atoms with Gasteiger partial charge < -0.3 is 5.73 Å². The molecule has 1 heterocycles. The van der Waals surface area contributed by atoms with Crippen LogP contribution in [0.2, 0.25) is 0 Å². The molecule has 23 heavy (non-hydrogen) atoms. The van der Waals surface area contributed by atoms with Gasteiger partial charge in [-0.1, -0.05) is 60.7 Å². The van der Waals surface area contributed by atoms with Crippen LogP contribution in [0.15, 0.2) is 60.7 Å². The Labute approximate surface area is 138 Å². The van der Waals surface area contributed by atoms with E-state index in [0.29, 0.717) is 6.04 Å². The number of hydrogen-bond donors (Lipinski definition) is 1. The molecule has 1 aliphatic heterocycles. The molecule has 0 saturated carbocycles. The third-order valence-electron chi connectivity index (χ3n) is 4.78. The lowest BCUT2D eigenvalue weighted by atomic mass is 9.87. The van der Waals surface area contributed by atoms with Gasteiger partial charge in [-0.2, -0.15) is 0 Å². The second kappa shape index (κ2) is 7.42. The minimum atomic E-state index is -0.151. The molecule has 3 heteroatoms. The van der Waals surface area contributed by atoms with Gasteiger partial charge in [0, 0.05) is 18.5 Å². The Morgan fingerprint density at radius 1 is 1.00 bits per heavy atom. The Morgan fingerprint density at radius 3 is 2.22 bits per heavy atom. The fourth-order valence-corrected chi connectivity index (χ4v) is 3.48. The minimum absolute atomic E-state index is 0.00994. The maximum atomic E-state index is 11.6. The molecule has 2 atom stereocenters. The topological polar surface area (TPSA) is 46.3 Å². The van der Waals surface area contributed by atoms with Gasteiger partial charge >= 0.3 is 0 Å². The molecular weight excluding hydrogens is 284 g/mol. The number of likely N-dealkylation sites (tertiary alicyclic amines) is 1. The van der Waals surface area contributed by atoms with Gasteiger partial charge in [0.2, 0.25) is 5.91 Å². The number of nitrogens with zero attached hydrogens (tertiary/aromatic N) is 1. The molecule has 120 valence electrons. The second-order valence-corrected chi connectivity index (χ2v) is 6.42. The lowest BCUT2D eigenvalue weighted by Crippen LogP contribution is -2.46. The Bertz CT molecular complexity index is 627. The predicted molar refractivity (Wildman–Crippen MR) is 92.7 cm³/mol. The first-order valence-electron chi connectivity index (χ1n) is 8.33. The van der Waals surface area contributed by atoms with E-state index in [1.165, 1.54) is 11.1 Å². The highest BCUT2D eigenvalue weighted by Crippen LogP contribution is 2.27. The standard InChI is InChI=1S/C20H24N2O/c21-20(23)18-11-12-22(15-17-9-5-2-6-10-17)19(14-18)13-16-7-3-1-4-8-16/h1-10,18-19H,11-15H2,(H2,21,23). The van der Waals surface area contributed by atoms with Gasteiger partial charge in [-0.3, -0.25) is 9.69 Å². The number of piperidine rings is 1.